The summed E-state index contributed by atoms with van der Waals surface area (Å²) in [6.45, 7) is 0.324. The summed E-state index contributed by atoms with van der Waals surface area (Å²) < 4.78 is 22.8. The SMILES string of the molecule is O=C(NCC1CCS(=O)(=O)C1)c1[nH]c2ccc(Cl)cc2c1Cl. The first-order chi connectivity index (χ1) is 10.4. The molecule has 3 rings (SSSR count). The zero-order valence-electron chi connectivity index (χ0n) is 11.5. The van der Waals surface area contributed by atoms with Gasteiger partial charge in [-0.15, -0.1) is 0 Å². The summed E-state index contributed by atoms with van der Waals surface area (Å²) in [5.41, 5.74) is 0.989. The van der Waals surface area contributed by atoms with Crippen molar-refractivity contribution in [2.24, 2.45) is 5.92 Å². The fraction of sp³-hybridized carbons (Fsp3) is 0.357. The second kappa shape index (κ2) is 5.76. The minimum absolute atomic E-state index is 0.0356. The Morgan fingerprint density at radius 1 is 1.36 bits per heavy atom. The summed E-state index contributed by atoms with van der Waals surface area (Å²) in [5.74, 6) is -0.0594. The van der Waals surface area contributed by atoms with E-state index in [1.165, 1.54) is 0 Å². The highest BCUT2D eigenvalue weighted by Crippen LogP contribution is 2.29. The van der Waals surface area contributed by atoms with Gasteiger partial charge in [-0.05, 0) is 30.5 Å². The van der Waals surface area contributed by atoms with Crippen molar-refractivity contribution in [1.82, 2.24) is 10.3 Å². The fourth-order valence-corrected chi connectivity index (χ4v) is 4.97. The third-order valence-corrected chi connectivity index (χ3v) is 6.27. The summed E-state index contributed by atoms with van der Waals surface area (Å²) >= 11 is 12.1. The number of carbonyl (C=O) groups excluding carboxylic acids is 1. The Kier molecular flexibility index (Phi) is 4.09. The number of hydrogen-bond acceptors (Lipinski definition) is 3. The molecule has 1 fully saturated rings. The molecule has 1 amide bonds. The van der Waals surface area contributed by atoms with Crippen LogP contribution in [0.3, 0.4) is 0 Å². The normalized spacial score (nSPS) is 20.4. The Labute approximate surface area is 137 Å². The number of fused-ring (bicyclic) bond motifs is 1. The molecule has 2 heterocycles. The smallest absolute Gasteiger partial charge is 0.269 e. The number of aromatic amines is 1. The lowest BCUT2D eigenvalue weighted by Gasteiger charge is -2.08. The first kappa shape index (κ1) is 15.6. The molecule has 2 N–H and O–H groups in total. The Morgan fingerprint density at radius 2 is 2.14 bits per heavy atom. The van der Waals surface area contributed by atoms with Gasteiger partial charge in [-0.1, -0.05) is 23.2 Å². The summed E-state index contributed by atoms with van der Waals surface area (Å²) in [4.78, 5) is 15.2. The van der Waals surface area contributed by atoms with Gasteiger partial charge >= 0.3 is 0 Å². The quantitative estimate of drug-likeness (QED) is 0.882. The van der Waals surface area contributed by atoms with Crippen molar-refractivity contribution in [2.75, 3.05) is 18.1 Å². The summed E-state index contributed by atoms with van der Waals surface area (Å²) in [7, 11) is -2.94. The number of halogens is 2. The van der Waals surface area contributed by atoms with E-state index in [0.29, 0.717) is 28.4 Å². The molecule has 1 atom stereocenters. The number of rotatable bonds is 3. The Bertz CT molecular complexity index is 845. The van der Waals surface area contributed by atoms with Crippen molar-refractivity contribution in [3.63, 3.8) is 0 Å². The third kappa shape index (κ3) is 3.09. The van der Waals surface area contributed by atoms with E-state index in [2.05, 4.69) is 10.3 Å². The van der Waals surface area contributed by atoms with Gasteiger partial charge in [0.15, 0.2) is 9.84 Å². The molecule has 1 aromatic carbocycles. The van der Waals surface area contributed by atoms with E-state index in [0.717, 1.165) is 5.52 Å². The third-order valence-electron chi connectivity index (χ3n) is 3.80. The van der Waals surface area contributed by atoms with Crippen LogP contribution in [0, 0.1) is 5.92 Å². The van der Waals surface area contributed by atoms with E-state index < -0.39 is 9.84 Å². The number of nitrogens with one attached hydrogen (secondary N) is 2. The summed E-state index contributed by atoms with van der Waals surface area (Å²) in [6, 6.07) is 5.15. The van der Waals surface area contributed by atoms with Crippen LogP contribution >= 0.6 is 23.2 Å². The van der Waals surface area contributed by atoms with Gasteiger partial charge in [0.1, 0.15) is 5.69 Å². The van der Waals surface area contributed by atoms with Crippen LogP contribution in [0.5, 0.6) is 0 Å². The maximum absolute atomic E-state index is 12.2. The lowest BCUT2D eigenvalue weighted by Crippen LogP contribution is -2.30. The number of aromatic nitrogens is 1. The van der Waals surface area contributed by atoms with Crippen LogP contribution in [0.1, 0.15) is 16.9 Å². The van der Waals surface area contributed by atoms with Crippen LogP contribution in [0.2, 0.25) is 10.0 Å². The highest BCUT2D eigenvalue weighted by atomic mass is 35.5. The van der Waals surface area contributed by atoms with Gasteiger partial charge < -0.3 is 10.3 Å². The monoisotopic (exact) mass is 360 g/mol. The molecule has 1 unspecified atom stereocenters. The highest BCUT2D eigenvalue weighted by molar-refractivity contribution is 7.91. The van der Waals surface area contributed by atoms with Crippen molar-refractivity contribution in [2.45, 2.75) is 6.42 Å². The first-order valence-corrected chi connectivity index (χ1v) is 9.39. The van der Waals surface area contributed by atoms with Gasteiger partial charge in [0.25, 0.3) is 5.91 Å². The number of H-pyrrole nitrogens is 1. The minimum atomic E-state index is -2.94. The lowest BCUT2D eigenvalue weighted by molar-refractivity contribution is 0.0944. The zero-order valence-corrected chi connectivity index (χ0v) is 13.9. The average Bonchev–Trinajstić information content (AvgIpc) is 2.97. The molecule has 1 aliphatic heterocycles. The largest absolute Gasteiger partial charge is 0.350 e. The van der Waals surface area contributed by atoms with E-state index in [1.807, 2.05) is 0 Å². The van der Waals surface area contributed by atoms with Crippen LogP contribution in [0.4, 0.5) is 0 Å². The van der Waals surface area contributed by atoms with Crippen LogP contribution in [0.15, 0.2) is 18.2 Å². The highest BCUT2D eigenvalue weighted by Gasteiger charge is 2.28. The zero-order chi connectivity index (χ0) is 15.9. The van der Waals surface area contributed by atoms with Crippen LogP contribution < -0.4 is 5.32 Å². The molecule has 1 aliphatic rings. The fourth-order valence-electron chi connectivity index (χ4n) is 2.65. The number of carbonyl (C=O) groups is 1. The second-order valence-electron chi connectivity index (χ2n) is 5.48. The molecule has 0 spiro atoms. The molecule has 0 aliphatic carbocycles. The molecular formula is C14H14Cl2N2O3S. The molecule has 22 heavy (non-hydrogen) atoms. The van der Waals surface area contributed by atoms with Gasteiger partial charge in [0.2, 0.25) is 0 Å². The van der Waals surface area contributed by atoms with Crippen LogP contribution in [-0.4, -0.2) is 37.4 Å². The molecule has 1 aromatic heterocycles. The molecule has 5 nitrogen and oxygen atoms in total. The van der Waals surface area contributed by atoms with E-state index >= 15 is 0 Å². The van der Waals surface area contributed by atoms with Crippen molar-refractivity contribution in [3.8, 4) is 0 Å². The average molecular weight is 361 g/mol. The summed E-state index contributed by atoms with van der Waals surface area (Å²) in [6.07, 6.45) is 0.582. The van der Waals surface area contributed by atoms with Crippen LogP contribution in [-0.2, 0) is 9.84 Å². The number of amides is 1. The predicted octanol–water partition coefficient (Wildman–Crippen LogP) is 2.64. The Morgan fingerprint density at radius 3 is 2.82 bits per heavy atom. The maximum Gasteiger partial charge on any atom is 0.269 e. The molecule has 2 aromatic rings. The molecule has 0 radical (unpaired) electrons. The van der Waals surface area contributed by atoms with Crippen molar-refractivity contribution in [1.29, 1.82) is 0 Å². The van der Waals surface area contributed by atoms with Gasteiger partial charge in [-0.3, -0.25) is 4.79 Å². The van der Waals surface area contributed by atoms with Crippen molar-refractivity contribution < 1.29 is 13.2 Å². The Balaban J connectivity index is 1.74. The maximum atomic E-state index is 12.2. The van der Waals surface area contributed by atoms with Crippen molar-refractivity contribution >= 4 is 49.8 Å². The van der Waals surface area contributed by atoms with Crippen LogP contribution in [0.25, 0.3) is 10.9 Å². The first-order valence-electron chi connectivity index (χ1n) is 6.81. The Hall–Kier alpha value is -1.24. The molecule has 0 bridgehead atoms. The van der Waals surface area contributed by atoms with E-state index in [4.69, 9.17) is 23.2 Å². The van der Waals surface area contributed by atoms with E-state index in [1.54, 1.807) is 18.2 Å². The lowest BCUT2D eigenvalue weighted by atomic mass is 10.1. The summed E-state index contributed by atoms with van der Waals surface area (Å²) in [5, 5.41) is 4.28. The molecule has 0 saturated carbocycles. The number of hydrogen-bond donors (Lipinski definition) is 2. The van der Waals surface area contributed by atoms with Crippen molar-refractivity contribution in [3.05, 3.63) is 33.9 Å². The van der Waals surface area contributed by atoms with E-state index in [9.17, 15) is 13.2 Å². The minimum Gasteiger partial charge on any atom is -0.350 e. The van der Waals surface area contributed by atoms with Gasteiger partial charge in [0.05, 0.1) is 16.5 Å². The van der Waals surface area contributed by atoms with Gasteiger partial charge in [0, 0.05) is 22.5 Å². The predicted molar refractivity (Wildman–Crippen MR) is 87.4 cm³/mol. The number of benzene rings is 1. The van der Waals surface area contributed by atoms with Gasteiger partial charge in [-0.2, -0.15) is 0 Å². The molecule has 1 saturated heterocycles. The second-order valence-corrected chi connectivity index (χ2v) is 8.53. The standard InChI is InChI=1S/C14H14Cl2N2O3S/c15-9-1-2-11-10(5-9)12(16)13(18-11)14(19)17-6-8-3-4-22(20,21)7-8/h1-2,5,8,18H,3-4,6-7H2,(H,17,19). The molecule has 8 heteroatoms. The van der Waals surface area contributed by atoms with E-state index in [-0.39, 0.29) is 29.0 Å². The molecular weight excluding hydrogens is 347 g/mol. The number of sulfone groups is 1. The van der Waals surface area contributed by atoms with Gasteiger partial charge in [-0.25, -0.2) is 8.42 Å². The topological polar surface area (TPSA) is 79.0 Å². The molecule has 118 valence electrons.